The molecular formula is C24H23N5O2. The van der Waals surface area contributed by atoms with Gasteiger partial charge in [-0.25, -0.2) is 9.50 Å². The van der Waals surface area contributed by atoms with Crippen LogP contribution >= 0.6 is 0 Å². The number of benzene rings is 2. The van der Waals surface area contributed by atoms with E-state index in [0.29, 0.717) is 18.1 Å². The van der Waals surface area contributed by atoms with Gasteiger partial charge < -0.3 is 10.1 Å². The van der Waals surface area contributed by atoms with Crippen LogP contribution in [-0.2, 0) is 24.2 Å². The molecule has 1 amide bonds. The van der Waals surface area contributed by atoms with Crippen molar-refractivity contribution in [1.82, 2.24) is 24.9 Å². The van der Waals surface area contributed by atoms with Gasteiger partial charge in [-0.1, -0.05) is 30.3 Å². The lowest BCUT2D eigenvalue weighted by Gasteiger charge is -2.07. The van der Waals surface area contributed by atoms with Gasteiger partial charge in [0.05, 0.1) is 13.0 Å². The molecule has 5 rings (SSSR count). The highest BCUT2D eigenvalue weighted by molar-refractivity contribution is 5.77. The number of carbonyl (C=O) groups excluding carboxylic acids is 1. The first kappa shape index (κ1) is 19.2. The van der Waals surface area contributed by atoms with E-state index in [1.807, 2.05) is 38.1 Å². The molecule has 0 bridgehead atoms. The summed E-state index contributed by atoms with van der Waals surface area (Å²) in [5, 5.41) is 7.34. The van der Waals surface area contributed by atoms with Gasteiger partial charge >= 0.3 is 0 Å². The van der Waals surface area contributed by atoms with E-state index >= 15 is 0 Å². The molecule has 7 nitrogen and oxygen atoms in total. The van der Waals surface area contributed by atoms with E-state index in [4.69, 9.17) is 4.74 Å². The number of aryl methyl sites for hydroxylation is 2. The van der Waals surface area contributed by atoms with Gasteiger partial charge in [0.2, 0.25) is 5.91 Å². The van der Waals surface area contributed by atoms with E-state index in [9.17, 15) is 4.79 Å². The molecule has 0 saturated carbocycles. The van der Waals surface area contributed by atoms with Gasteiger partial charge in [-0.05, 0) is 54.3 Å². The molecule has 1 N–H and O–H groups in total. The summed E-state index contributed by atoms with van der Waals surface area (Å²) in [5.74, 6) is 1.86. The molecule has 0 spiro atoms. The van der Waals surface area contributed by atoms with E-state index in [-0.39, 0.29) is 12.3 Å². The third kappa shape index (κ3) is 3.99. The second-order valence-electron chi connectivity index (χ2n) is 7.85. The van der Waals surface area contributed by atoms with Crippen LogP contribution in [0.15, 0.2) is 48.5 Å². The highest BCUT2D eigenvalue weighted by atomic mass is 16.5. The minimum Gasteiger partial charge on any atom is -0.493 e. The molecule has 0 unspecified atom stereocenters. The van der Waals surface area contributed by atoms with E-state index in [1.165, 1.54) is 11.1 Å². The Morgan fingerprint density at radius 3 is 2.71 bits per heavy atom. The maximum atomic E-state index is 12.4. The summed E-state index contributed by atoms with van der Waals surface area (Å²) in [6, 6.07) is 16.5. The Labute approximate surface area is 180 Å². The smallest absolute Gasteiger partial charge is 0.252 e. The predicted octanol–water partition coefficient (Wildman–Crippen LogP) is 3.20. The normalized spacial score (nSPS) is 12.6. The van der Waals surface area contributed by atoms with Crippen molar-refractivity contribution in [2.45, 2.75) is 33.2 Å². The van der Waals surface area contributed by atoms with Crippen LogP contribution in [-0.4, -0.2) is 32.1 Å². The molecule has 0 radical (unpaired) electrons. The van der Waals surface area contributed by atoms with Crippen molar-refractivity contribution in [3.8, 4) is 16.9 Å². The average molecular weight is 413 g/mol. The maximum Gasteiger partial charge on any atom is 0.252 e. The minimum atomic E-state index is -0.118. The van der Waals surface area contributed by atoms with Crippen LogP contribution in [0.2, 0.25) is 0 Å². The van der Waals surface area contributed by atoms with E-state index in [0.717, 1.165) is 41.3 Å². The first-order valence-electron chi connectivity index (χ1n) is 10.4. The number of nitrogens with one attached hydrogen (secondary N) is 1. The number of rotatable bonds is 5. The van der Waals surface area contributed by atoms with Crippen molar-refractivity contribution in [2.75, 3.05) is 6.61 Å². The molecule has 0 saturated heterocycles. The van der Waals surface area contributed by atoms with Crippen molar-refractivity contribution in [1.29, 1.82) is 0 Å². The largest absolute Gasteiger partial charge is 0.493 e. The SMILES string of the molecule is Cc1cc(C)n2nc(CC(=O)NCc3ccc(-c4ccc5c(c4)CCO5)cc3)nc2n1. The van der Waals surface area contributed by atoms with Crippen molar-refractivity contribution < 1.29 is 9.53 Å². The van der Waals surface area contributed by atoms with E-state index in [2.05, 4.69) is 44.6 Å². The molecule has 0 atom stereocenters. The minimum absolute atomic E-state index is 0.118. The summed E-state index contributed by atoms with van der Waals surface area (Å²) in [5.41, 5.74) is 6.45. The predicted molar refractivity (Wildman–Crippen MR) is 117 cm³/mol. The number of hydrogen-bond donors (Lipinski definition) is 1. The first-order chi connectivity index (χ1) is 15.0. The number of amides is 1. The highest BCUT2D eigenvalue weighted by Gasteiger charge is 2.13. The third-order valence-corrected chi connectivity index (χ3v) is 5.45. The fourth-order valence-electron chi connectivity index (χ4n) is 3.87. The van der Waals surface area contributed by atoms with Gasteiger partial charge in [-0.2, -0.15) is 4.98 Å². The summed E-state index contributed by atoms with van der Waals surface area (Å²) >= 11 is 0. The Morgan fingerprint density at radius 2 is 1.87 bits per heavy atom. The fraction of sp³-hybridized carbons (Fsp3) is 0.250. The molecule has 1 aliphatic rings. The fourth-order valence-corrected chi connectivity index (χ4v) is 3.87. The zero-order valence-electron chi connectivity index (χ0n) is 17.6. The van der Waals surface area contributed by atoms with Gasteiger partial charge in [0.25, 0.3) is 5.78 Å². The molecule has 31 heavy (non-hydrogen) atoms. The lowest BCUT2D eigenvalue weighted by molar-refractivity contribution is -0.120. The molecule has 156 valence electrons. The summed E-state index contributed by atoms with van der Waals surface area (Å²) in [4.78, 5) is 21.1. The molecule has 3 heterocycles. The molecular weight excluding hydrogens is 390 g/mol. The van der Waals surface area contributed by atoms with Crippen LogP contribution in [0, 0.1) is 13.8 Å². The van der Waals surface area contributed by atoms with Crippen LogP contribution in [0.1, 0.15) is 28.3 Å². The number of carbonyl (C=O) groups is 1. The zero-order valence-corrected chi connectivity index (χ0v) is 17.6. The van der Waals surface area contributed by atoms with Crippen LogP contribution in [0.3, 0.4) is 0 Å². The van der Waals surface area contributed by atoms with Crippen LogP contribution < -0.4 is 10.1 Å². The Balaban J connectivity index is 1.21. The second kappa shape index (κ2) is 7.83. The van der Waals surface area contributed by atoms with Crippen molar-refractivity contribution in [3.63, 3.8) is 0 Å². The van der Waals surface area contributed by atoms with E-state index in [1.54, 1.807) is 4.52 Å². The Kier molecular flexibility index (Phi) is 4.86. The Morgan fingerprint density at radius 1 is 1.06 bits per heavy atom. The summed E-state index contributed by atoms with van der Waals surface area (Å²) < 4.78 is 7.25. The highest BCUT2D eigenvalue weighted by Crippen LogP contribution is 2.30. The number of ether oxygens (including phenoxy) is 1. The molecule has 4 aromatic rings. The zero-order chi connectivity index (χ0) is 21.4. The average Bonchev–Trinajstić information content (AvgIpc) is 3.38. The number of aromatic nitrogens is 4. The molecule has 1 aliphatic heterocycles. The van der Waals surface area contributed by atoms with Crippen LogP contribution in [0.5, 0.6) is 5.75 Å². The lowest BCUT2D eigenvalue weighted by Crippen LogP contribution is -2.25. The summed E-state index contributed by atoms with van der Waals surface area (Å²) in [7, 11) is 0. The Hall–Kier alpha value is -3.74. The van der Waals surface area contributed by atoms with Gasteiger partial charge in [0.1, 0.15) is 5.75 Å². The van der Waals surface area contributed by atoms with Crippen molar-refractivity contribution >= 4 is 11.7 Å². The number of nitrogens with zero attached hydrogens (tertiary/aromatic N) is 4. The molecule has 0 aliphatic carbocycles. The maximum absolute atomic E-state index is 12.4. The molecule has 7 heteroatoms. The van der Waals surface area contributed by atoms with E-state index < -0.39 is 0 Å². The lowest BCUT2D eigenvalue weighted by atomic mass is 10.0. The monoisotopic (exact) mass is 413 g/mol. The summed E-state index contributed by atoms with van der Waals surface area (Å²) in [6.07, 6.45) is 1.08. The van der Waals surface area contributed by atoms with Gasteiger partial charge in [-0.3, -0.25) is 4.79 Å². The first-order valence-corrected chi connectivity index (χ1v) is 10.4. The van der Waals surface area contributed by atoms with Crippen molar-refractivity contribution in [2.24, 2.45) is 0 Å². The van der Waals surface area contributed by atoms with Crippen LogP contribution in [0.25, 0.3) is 16.9 Å². The molecule has 2 aromatic carbocycles. The number of hydrogen-bond acceptors (Lipinski definition) is 5. The topological polar surface area (TPSA) is 81.4 Å². The van der Waals surface area contributed by atoms with Crippen LogP contribution in [0.4, 0.5) is 0 Å². The Bertz CT molecular complexity index is 1280. The van der Waals surface area contributed by atoms with Gasteiger partial charge in [0, 0.05) is 24.4 Å². The second-order valence-corrected chi connectivity index (χ2v) is 7.85. The van der Waals surface area contributed by atoms with Gasteiger partial charge in [0.15, 0.2) is 5.82 Å². The quantitative estimate of drug-likeness (QED) is 0.543. The standard InChI is InChI=1S/C24H23N5O2/c1-15-11-16(2)29-24(26-15)27-22(28-29)13-23(30)25-14-17-3-5-18(6-4-17)19-7-8-21-20(12-19)9-10-31-21/h3-8,11-12H,9-10,13-14H2,1-2H3,(H,25,30). The number of fused-ring (bicyclic) bond motifs is 2. The molecule has 0 fully saturated rings. The summed E-state index contributed by atoms with van der Waals surface area (Å²) in [6.45, 7) is 5.08. The van der Waals surface area contributed by atoms with Crippen molar-refractivity contribution in [3.05, 3.63) is 76.9 Å². The third-order valence-electron chi connectivity index (χ3n) is 5.45. The van der Waals surface area contributed by atoms with Gasteiger partial charge in [-0.15, -0.1) is 5.10 Å². The molecule has 2 aromatic heterocycles.